The fraction of sp³-hybridized carbons (Fsp3) is 0.836. The van der Waals surface area contributed by atoms with Crippen LogP contribution in [-0.2, 0) is 4.79 Å². The number of carbonyl (C=O) groups excluding carboxylic acids is 1. The maximum absolute atomic E-state index is 12.6. The van der Waals surface area contributed by atoms with Gasteiger partial charge in [0.1, 0.15) is 12.2 Å². The molecule has 1 amide bonds. The molecule has 358 valence electrons. The van der Waals surface area contributed by atoms with Crippen LogP contribution in [0.1, 0.15) is 264 Å². The van der Waals surface area contributed by atoms with Crippen molar-refractivity contribution in [1.29, 1.82) is 0 Å². The van der Waals surface area contributed by atoms with E-state index in [9.17, 15) is 25.2 Å². The van der Waals surface area contributed by atoms with Crippen LogP contribution >= 0.6 is 0 Å². The zero-order valence-corrected chi connectivity index (χ0v) is 40.4. The predicted octanol–water partition coefficient (Wildman–Crippen LogP) is 15.0. The van der Waals surface area contributed by atoms with E-state index in [4.69, 9.17) is 0 Å². The number of hydrogen-bond acceptors (Lipinski definition) is 5. The number of carbonyl (C=O) groups is 1. The Hall–Kier alpha value is -1.73. The number of nitrogens with one attached hydrogen (secondary N) is 1. The molecule has 61 heavy (non-hydrogen) atoms. The Morgan fingerprint density at radius 3 is 1.03 bits per heavy atom. The van der Waals surface area contributed by atoms with Gasteiger partial charge in [0.2, 0.25) is 5.91 Å². The quantitative estimate of drug-likeness (QED) is 0.0309. The van der Waals surface area contributed by atoms with Gasteiger partial charge in [0, 0.05) is 0 Å². The van der Waals surface area contributed by atoms with Crippen LogP contribution in [0.5, 0.6) is 0 Å². The van der Waals surface area contributed by atoms with E-state index in [2.05, 4.69) is 67.8 Å². The van der Waals surface area contributed by atoms with Crippen molar-refractivity contribution in [2.45, 2.75) is 289 Å². The van der Waals surface area contributed by atoms with Gasteiger partial charge >= 0.3 is 0 Å². The molecule has 0 fully saturated rings. The van der Waals surface area contributed by atoms with E-state index < -0.39 is 36.9 Å². The number of aliphatic hydroxyl groups excluding tert-OH is 4. The van der Waals surface area contributed by atoms with Crippen molar-refractivity contribution < 1.29 is 25.2 Å². The standard InChI is InChI=1S/C55H103NO5/c1-3-5-7-9-11-13-15-17-19-21-23-25-26-27-28-29-31-33-35-37-39-41-43-45-47-49-53(59)55(61)56-51(50-57)54(60)52(58)48-46-44-42-40-38-36-34-32-30-24-22-20-18-16-14-12-10-8-6-4-2/h20,22,27-28,32,34,40,42,51-54,57-60H,3-19,21,23-26,29-31,33,35-39,41,43-50H2,1-2H3,(H,56,61)/b22-20+,28-27-,34-32+,42-40+. The molecule has 5 N–H and O–H groups in total. The fourth-order valence-electron chi connectivity index (χ4n) is 8.02. The summed E-state index contributed by atoms with van der Waals surface area (Å²) in [4.78, 5) is 12.6. The minimum Gasteiger partial charge on any atom is -0.394 e. The molecule has 0 saturated carbocycles. The van der Waals surface area contributed by atoms with E-state index in [0.717, 1.165) is 51.4 Å². The lowest BCUT2D eigenvalue weighted by Crippen LogP contribution is -2.53. The molecule has 0 rings (SSSR count). The third-order valence-electron chi connectivity index (χ3n) is 12.2. The minimum atomic E-state index is -1.30. The Bertz CT molecular complexity index is 1010. The lowest BCUT2D eigenvalue weighted by Gasteiger charge is -2.27. The molecule has 4 unspecified atom stereocenters. The second-order valence-electron chi connectivity index (χ2n) is 18.2. The van der Waals surface area contributed by atoms with Crippen molar-refractivity contribution in [3.8, 4) is 0 Å². The summed E-state index contributed by atoms with van der Waals surface area (Å²) in [6.07, 6.45) is 61.6. The highest BCUT2D eigenvalue weighted by atomic mass is 16.3. The Morgan fingerprint density at radius 2 is 0.689 bits per heavy atom. The molecule has 0 aliphatic rings. The third kappa shape index (κ3) is 43.3. The maximum Gasteiger partial charge on any atom is 0.249 e. The Balaban J connectivity index is 3.73. The average Bonchev–Trinajstić information content (AvgIpc) is 3.26. The highest BCUT2D eigenvalue weighted by Crippen LogP contribution is 2.16. The van der Waals surface area contributed by atoms with Crippen molar-refractivity contribution in [1.82, 2.24) is 5.32 Å². The second kappa shape index (κ2) is 49.3. The van der Waals surface area contributed by atoms with Crippen LogP contribution < -0.4 is 5.32 Å². The van der Waals surface area contributed by atoms with Gasteiger partial charge in [0.05, 0.1) is 18.8 Å². The van der Waals surface area contributed by atoms with Crippen LogP contribution in [0.3, 0.4) is 0 Å². The van der Waals surface area contributed by atoms with Crippen molar-refractivity contribution >= 4 is 5.91 Å². The first-order valence-electron chi connectivity index (χ1n) is 26.5. The molecule has 0 aromatic heterocycles. The van der Waals surface area contributed by atoms with Crippen LogP contribution in [0.4, 0.5) is 0 Å². The molecular weight excluding hydrogens is 755 g/mol. The van der Waals surface area contributed by atoms with Gasteiger partial charge in [-0.2, -0.15) is 0 Å². The molecule has 0 aliphatic heterocycles. The van der Waals surface area contributed by atoms with Gasteiger partial charge in [0.15, 0.2) is 0 Å². The van der Waals surface area contributed by atoms with Crippen molar-refractivity contribution in [2.24, 2.45) is 0 Å². The molecule has 0 heterocycles. The Labute approximate surface area is 379 Å². The van der Waals surface area contributed by atoms with Gasteiger partial charge in [-0.3, -0.25) is 4.79 Å². The molecule has 0 saturated heterocycles. The highest BCUT2D eigenvalue weighted by molar-refractivity contribution is 5.80. The van der Waals surface area contributed by atoms with Gasteiger partial charge in [-0.25, -0.2) is 0 Å². The van der Waals surface area contributed by atoms with E-state index in [1.54, 1.807) is 0 Å². The summed E-state index contributed by atoms with van der Waals surface area (Å²) >= 11 is 0. The second-order valence-corrected chi connectivity index (χ2v) is 18.2. The first-order chi connectivity index (χ1) is 30.0. The Kier molecular flexibility index (Phi) is 47.9. The summed E-state index contributed by atoms with van der Waals surface area (Å²) in [5.74, 6) is -0.600. The van der Waals surface area contributed by atoms with E-state index >= 15 is 0 Å². The molecule has 6 nitrogen and oxygen atoms in total. The number of amides is 1. The highest BCUT2D eigenvalue weighted by Gasteiger charge is 2.28. The summed E-state index contributed by atoms with van der Waals surface area (Å²) in [6.45, 7) is 4.05. The van der Waals surface area contributed by atoms with Crippen LogP contribution in [0, 0.1) is 0 Å². The molecule has 4 atom stereocenters. The summed E-state index contributed by atoms with van der Waals surface area (Å²) < 4.78 is 0. The van der Waals surface area contributed by atoms with Crippen LogP contribution in [0.2, 0.25) is 0 Å². The molecule has 0 spiro atoms. The molecule has 6 heteroatoms. The normalized spacial score (nSPS) is 14.3. The van der Waals surface area contributed by atoms with E-state index in [-0.39, 0.29) is 0 Å². The van der Waals surface area contributed by atoms with Crippen molar-refractivity contribution in [3.63, 3.8) is 0 Å². The van der Waals surface area contributed by atoms with Crippen LogP contribution in [0.15, 0.2) is 48.6 Å². The number of rotatable bonds is 48. The fourth-order valence-corrected chi connectivity index (χ4v) is 8.02. The summed E-state index contributed by atoms with van der Waals surface area (Å²) in [5, 5.41) is 43.9. The van der Waals surface area contributed by atoms with Crippen LogP contribution in [-0.4, -0.2) is 57.3 Å². The van der Waals surface area contributed by atoms with Gasteiger partial charge in [0.25, 0.3) is 0 Å². The van der Waals surface area contributed by atoms with E-state index in [1.807, 2.05) is 0 Å². The minimum absolute atomic E-state index is 0.355. The van der Waals surface area contributed by atoms with Crippen molar-refractivity contribution in [2.75, 3.05) is 6.61 Å². The topological polar surface area (TPSA) is 110 Å². The summed E-state index contributed by atoms with van der Waals surface area (Å²) in [7, 11) is 0. The predicted molar refractivity (Wildman–Crippen MR) is 265 cm³/mol. The molecular formula is C55H103NO5. The molecule has 0 aromatic rings. The van der Waals surface area contributed by atoms with E-state index in [0.29, 0.717) is 19.3 Å². The molecule has 0 aliphatic carbocycles. The number of hydrogen-bond donors (Lipinski definition) is 5. The number of unbranched alkanes of at least 4 members (excludes halogenated alkanes) is 31. The lowest BCUT2D eigenvalue weighted by atomic mass is 10.00. The third-order valence-corrected chi connectivity index (χ3v) is 12.2. The first kappa shape index (κ1) is 59.3. The SMILES string of the molecule is CCCCCCCCC/C=C/CC/C=C/CC/C=C/CCCC(O)C(O)C(CO)NC(=O)C(O)CCCCCCCCCCC/C=C\CCCCCCCCCCCCCC. The average molecular weight is 858 g/mol. The lowest BCUT2D eigenvalue weighted by molar-refractivity contribution is -0.132. The monoisotopic (exact) mass is 858 g/mol. The smallest absolute Gasteiger partial charge is 0.249 e. The number of allylic oxidation sites excluding steroid dienone is 8. The first-order valence-corrected chi connectivity index (χ1v) is 26.5. The van der Waals surface area contributed by atoms with Gasteiger partial charge in [-0.1, -0.05) is 223 Å². The van der Waals surface area contributed by atoms with Crippen LogP contribution in [0.25, 0.3) is 0 Å². The molecule has 0 bridgehead atoms. The number of aliphatic hydroxyl groups is 4. The van der Waals surface area contributed by atoms with Gasteiger partial charge in [-0.05, 0) is 89.9 Å². The van der Waals surface area contributed by atoms with Gasteiger partial charge in [-0.15, -0.1) is 0 Å². The van der Waals surface area contributed by atoms with Crippen molar-refractivity contribution in [3.05, 3.63) is 48.6 Å². The largest absolute Gasteiger partial charge is 0.394 e. The molecule has 0 aromatic carbocycles. The van der Waals surface area contributed by atoms with E-state index in [1.165, 1.54) is 180 Å². The zero-order valence-electron chi connectivity index (χ0n) is 40.4. The Morgan fingerprint density at radius 1 is 0.393 bits per heavy atom. The maximum atomic E-state index is 12.6. The molecule has 0 radical (unpaired) electrons. The summed E-state index contributed by atoms with van der Waals surface area (Å²) in [5.41, 5.74) is 0. The zero-order chi connectivity index (χ0) is 44.5. The summed E-state index contributed by atoms with van der Waals surface area (Å²) in [6, 6.07) is -1.01. The van der Waals surface area contributed by atoms with Gasteiger partial charge < -0.3 is 25.7 Å².